The SMILES string of the molecule is COc1cccc(-c2cc(C3COCCN3)nc(C)n2)c1. The molecule has 1 aliphatic heterocycles. The van der Waals surface area contributed by atoms with E-state index in [1.54, 1.807) is 7.11 Å². The maximum Gasteiger partial charge on any atom is 0.126 e. The highest BCUT2D eigenvalue weighted by molar-refractivity contribution is 5.61. The third-order valence-electron chi connectivity index (χ3n) is 3.50. The number of aromatic nitrogens is 2. The van der Waals surface area contributed by atoms with Crippen LogP contribution in [0, 0.1) is 6.92 Å². The second kappa shape index (κ2) is 6.20. The van der Waals surface area contributed by atoms with Crippen molar-refractivity contribution in [1.29, 1.82) is 0 Å². The van der Waals surface area contributed by atoms with E-state index >= 15 is 0 Å². The van der Waals surface area contributed by atoms with Gasteiger partial charge < -0.3 is 14.8 Å². The third kappa shape index (κ3) is 3.20. The molecule has 0 amide bonds. The minimum atomic E-state index is 0.129. The fourth-order valence-electron chi connectivity index (χ4n) is 2.45. The molecule has 0 bridgehead atoms. The number of ether oxygens (including phenoxy) is 2. The Morgan fingerprint density at radius 3 is 2.95 bits per heavy atom. The van der Waals surface area contributed by atoms with E-state index in [0.717, 1.165) is 41.7 Å². The number of morpholine rings is 1. The number of aryl methyl sites for hydroxylation is 1. The van der Waals surface area contributed by atoms with Gasteiger partial charge in [0.15, 0.2) is 0 Å². The maximum atomic E-state index is 5.52. The molecular formula is C16H19N3O2. The van der Waals surface area contributed by atoms with Crippen LogP contribution >= 0.6 is 0 Å². The monoisotopic (exact) mass is 285 g/mol. The lowest BCUT2D eigenvalue weighted by Crippen LogP contribution is -2.35. The summed E-state index contributed by atoms with van der Waals surface area (Å²) in [5.74, 6) is 1.59. The molecule has 3 rings (SSSR count). The van der Waals surface area contributed by atoms with E-state index in [1.165, 1.54) is 0 Å². The molecule has 21 heavy (non-hydrogen) atoms. The number of methoxy groups -OCH3 is 1. The lowest BCUT2D eigenvalue weighted by atomic mass is 10.1. The minimum Gasteiger partial charge on any atom is -0.497 e. The van der Waals surface area contributed by atoms with Crippen molar-refractivity contribution in [2.24, 2.45) is 0 Å². The number of hydrogen-bond acceptors (Lipinski definition) is 5. The Morgan fingerprint density at radius 1 is 1.29 bits per heavy atom. The van der Waals surface area contributed by atoms with Crippen LogP contribution in [0.3, 0.4) is 0 Å². The fourth-order valence-corrected chi connectivity index (χ4v) is 2.45. The number of nitrogens with one attached hydrogen (secondary N) is 1. The van der Waals surface area contributed by atoms with Gasteiger partial charge in [-0.15, -0.1) is 0 Å². The molecule has 5 nitrogen and oxygen atoms in total. The zero-order chi connectivity index (χ0) is 14.7. The normalized spacial score (nSPS) is 18.5. The van der Waals surface area contributed by atoms with Crippen LogP contribution in [-0.2, 0) is 4.74 Å². The van der Waals surface area contributed by atoms with Crippen molar-refractivity contribution in [1.82, 2.24) is 15.3 Å². The highest BCUT2D eigenvalue weighted by Crippen LogP contribution is 2.24. The highest BCUT2D eigenvalue weighted by atomic mass is 16.5. The number of nitrogens with zero attached hydrogens (tertiary/aromatic N) is 2. The summed E-state index contributed by atoms with van der Waals surface area (Å²) in [6.07, 6.45) is 0. The zero-order valence-electron chi connectivity index (χ0n) is 12.3. The van der Waals surface area contributed by atoms with E-state index in [-0.39, 0.29) is 6.04 Å². The van der Waals surface area contributed by atoms with Crippen LogP contribution in [0.25, 0.3) is 11.3 Å². The predicted molar refractivity (Wildman–Crippen MR) is 80.3 cm³/mol. The first-order chi connectivity index (χ1) is 10.3. The first-order valence-corrected chi connectivity index (χ1v) is 7.07. The van der Waals surface area contributed by atoms with Crippen LogP contribution < -0.4 is 10.1 Å². The molecule has 1 saturated heterocycles. The molecule has 0 spiro atoms. The lowest BCUT2D eigenvalue weighted by Gasteiger charge is -2.23. The average Bonchev–Trinajstić information content (AvgIpc) is 2.55. The van der Waals surface area contributed by atoms with Crippen molar-refractivity contribution in [3.8, 4) is 17.0 Å². The Kier molecular flexibility index (Phi) is 4.13. The lowest BCUT2D eigenvalue weighted by molar-refractivity contribution is 0.0755. The summed E-state index contributed by atoms with van der Waals surface area (Å²) in [5.41, 5.74) is 2.90. The second-order valence-corrected chi connectivity index (χ2v) is 5.04. The van der Waals surface area contributed by atoms with Crippen LogP contribution in [0.4, 0.5) is 0 Å². The summed E-state index contributed by atoms with van der Waals surface area (Å²) in [7, 11) is 1.67. The number of hydrogen-bond donors (Lipinski definition) is 1. The van der Waals surface area contributed by atoms with E-state index in [1.807, 2.05) is 37.3 Å². The molecule has 1 N–H and O–H groups in total. The molecule has 1 unspecified atom stereocenters. The van der Waals surface area contributed by atoms with Crippen LogP contribution in [-0.4, -0.2) is 36.8 Å². The molecule has 0 radical (unpaired) electrons. The summed E-state index contributed by atoms with van der Waals surface area (Å²) < 4.78 is 10.8. The smallest absolute Gasteiger partial charge is 0.126 e. The van der Waals surface area contributed by atoms with Gasteiger partial charge in [-0.25, -0.2) is 9.97 Å². The van der Waals surface area contributed by atoms with Gasteiger partial charge in [-0.05, 0) is 25.1 Å². The Bertz CT molecular complexity index is 625. The molecule has 0 aliphatic carbocycles. The first kappa shape index (κ1) is 14.0. The van der Waals surface area contributed by atoms with Crippen molar-refractivity contribution < 1.29 is 9.47 Å². The van der Waals surface area contributed by atoms with Gasteiger partial charge in [-0.2, -0.15) is 0 Å². The van der Waals surface area contributed by atoms with Crippen molar-refractivity contribution in [2.75, 3.05) is 26.9 Å². The molecule has 2 heterocycles. The Balaban J connectivity index is 1.96. The van der Waals surface area contributed by atoms with Gasteiger partial charge in [-0.1, -0.05) is 12.1 Å². The van der Waals surface area contributed by atoms with E-state index in [0.29, 0.717) is 6.61 Å². The molecule has 1 aromatic carbocycles. The summed E-state index contributed by atoms with van der Waals surface area (Å²) in [5, 5.41) is 3.42. The molecule has 2 aromatic rings. The zero-order valence-corrected chi connectivity index (χ0v) is 12.3. The molecule has 1 fully saturated rings. The molecule has 5 heteroatoms. The van der Waals surface area contributed by atoms with Crippen molar-refractivity contribution in [3.05, 3.63) is 41.9 Å². The van der Waals surface area contributed by atoms with Crippen LogP contribution in [0.1, 0.15) is 17.6 Å². The number of benzene rings is 1. The van der Waals surface area contributed by atoms with Crippen molar-refractivity contribution >= 4 is 0 Å². The van der Waals surface area contributed by atoms with E-state index < -0.39 is 0 Å². The largest absolute Gasteiger partial charge is 0.497 e. The van der Waals surface area contributed by atoms with E-state index in [2.05, 4.69) is 15.3 Å². The van der Waals surface area contributed by atoms with Gasteiger partial charge >= 0.3 is 0 Å². The summed E-state index contributed by atoms with van der Waals surface area (Å²) in [6, 6.07) is 10.1. The molecule has 110 valence electrons. The Labute approximate surface area is 124 Å². The third-order valence-corrected chi connectivity index (χ3v) is 3.50. The fraction of sp³-hybridized carbons (Fsp3) is 0.375. The van der Waals surface area contributed by atoms with Crippen molar-refractivity contribution in [2.45, 2.75) is 13.0 Å². The molecule has 1 aliphatic rings. The van der Waals surface area contributed by atoms with Crippen molar-refractivity contribution in [3.63, 3.8) is 0 Å². The first-order valence-electron chi connectivity index (χ1n) is 7.07. The van der Waals surface area contributed by atoms with Gasteiger partial charge in [0, 0.05) is 12.1 Å². The van der Waals surface area contributed by atoms with Crippen LogP contribution in [0.5, 0.6) is 5.75 Å². The van der Waals surface area contributed by atoms with Gasteiger partial charge in [0.2, 0.25) is 0 Å². The minimum absolute atomic E-state index is 0.129. The summed E-state index contributed by atoms with van der Waals surface area (Å²) in [4.78, 5) is 9.08. The van der Waals surface area contributed by atoms with Crippen LogP contribution in [0.2, 0.25) is 0 Å². The van der Waals surface area contributed by atoms with E-state index in [4.69, 9.17) is 9.47 Å². The Morgan fingerprint density at radius 2 is 2.19 bits per heavy atom. The van der Waals surface area contributed by atoms with Gasteiger partial charge in [0.05, 0.1) is 37.8 Å². The predicted octanol–water partition coefficient (Wildman–Crippen LogP) is 2.12. The maximum absolute atomic E-state index is 5.52. The molecule has 1 aromatic heterocycles. The quantitative estimate of drug-likeness (QED) is 0.936. The topological polar surface area (TPSA) is 56.3 Å². The standard InChI is InChI=1S/C16H19N3O2/c1-11-18-14(12-4-3-5-13(8-12)20-2)9-15(19-11)16-10-21-7-6-17-16/h3-5,8-9,16-17H,6-7,10H2,1-2H3. The van der Waals surface area contributed by atoms with Crippen LogP contribution in [0.15, 0.2) is 30.3 Å². The summed E-state index contributed by atoms with van der Waals surface area (Å²) >= 11 is 0. The average molecular weight is 285 g/mol. The molecule has 1 atom stereocenters. The number of rotatable bonds is 3. The molecule has 0 saturated carbocycles. The van der Waals surface area contributed by atoms with Gasteiger partial charge in [0.25, 0.3) is 0 Å². The summed E-state index contributed by atoms with van der Waals surface area (Å²) in [6.45, 7) is 4.16. The van der Waals surface area contributed by atoms with Gasteiger partial charge in [-0.3, -0.25) is 0 Å². The highest BCUT2D eigenvalue weighted by Gasteiger charge is 2.18. The Hall–Kier alpha value is -1.98. The second-order valence-electron chi connectivity index (χ2n) is 5.04. The van der Waals surface area contributed by atoms with E-state index in [9.17, 15) is 0 Å². The molecular weight excluding hydrogens is 266 g/mol. The van der Waals surface area contributed by atoms with Gasteiger partial charge in [0.1, 0.15) is 11.6 Å².